The van der Waals surface area contributed by atoms with Crippen molar-refractivity contribution in [2.75, 3.05) is 48.8 Å². The van der Waals surface area contributed by atoms with Crippen molar-refractivity contribution >= 4 is 34.0 Å². The summed E-state index contributed by atoms with van der Waals surface area (Å²) in [6.45, 7) is 3.75. The number of benzene rings is 2. The summed E-state index contributed by atoms with van der Waals surface area (Å²) in [5.41, 5.74) is 1.89. The Morgan fingerprint density at radius 1 is 1.00 bits per heavy atom. The number of hydrogen-bond acceptors (Lipinski definition) is 4. The second-order valence-corrected chi connectivity index (χ2v) is 7.03. The van der Waals surface area contributed by atoms with E-state index in [2.05, 4.69) is 32.5 Å². The molecular formula is C21H21F2N5O. The number of para-hydroxylation sites is 1. The monoisotopic (exact) mass is 397 g/mol. The number of nitrogens with one attached hydrogen (secondary N) is 2. The number of pyridine rings is 1. The number of piperazine rings is 1. The van der Waals surface area contributed by atoms with Gasteiger partial charge in [-0.1, -0.05) is 6.07 Å². The van der Waals surface area contributed by atoms with E-state index in [1.54, 1.807) is 12.3 Å². The van der Waals surface area contributed by atoms with Gasteiger partial charge in [-0.3, -0.25) is 4.98 Å². The molecule has 8 heteroatoms. The summed E-state index contributed by atoms with van der Waals surface area (Å²) >= 11 is 0. The van der Waals surface area contributed by atoms with Gasteiger partial charge < -0.3 is 20.4 Å². The van der Waals surface area contributed by atoms with E-state index in [4.69, 9.17) is 0 Å². The number of halogens is 2. The van der Waals surface area contributed by atoms with Crippen LogP contribution in [0.4, 0.5) is 30.6 Å². The molecule has 2 amide bonds. The summed E-state index contributed by atoms with van der Waals surface area (Å²) in [4.78, 5) is 21.2. The van der Waals surface area contributed by atoms with E-state index in [9.17, 15) is 13.6 Å². The molecule has 2 aromatic carbocycles. The fourth-order valence-electron chi connectivity index (χ4n) is 3.43. The minimum atomic E-state index is -0.833. The van der Waals surface area contributed by atoms with Crippen molar-refractivity contribution in [2.24, 2.45) is 0 Å². The van der Waals surface area contributed by atoms with E-state index < -0.39 is 23.4 Å². The average molecular weight is 397 g/mol. The number of urea groups is 1. The van der Waals surface area contributed by atoms with Crippen LogP contribution >= 0.6 is 0 Å². The summed E-state index contributed by atoms with van der Waals surface area (Å²) in [7, 11) is 2.10. The van der Waals surface area contributed by atoms with E-state index in [1.807, 2.05) is 18.2 Å². The molecule has 0 atom stereocenters. The highest BCUT2D eigenvalue weighted by Crippen LogP contribution is 2.29. The summed E-state index contributed by atoms with van der Waals surface area (Å²) in [5, 5.41) is 5.77. The highest BCUT2D eigenvalue weighted by molar-refractivity contribution is 6.02. The Morgan fingerprint density at radius 2 is 1.72 bits per heavy atom. The van der Waals surface area contributed by atoms with Gasteiger partial charge in [0.1, 0.15) is 17.3 Å². The first-order valence-electron chi connectivity index (χ1n) is 9.35. The molecule has 6 nitrogen and oxygen atoms in total. The van der Waals surface area contributed by atoms with Gasteiger partial charge in [0.15, 0.2) is 0 Å². The van der Waals surface area contributed by atoms with Crippen molar-refractivity contribution in [1.29, 1.82) is 0 Å². The van der Waals surface area contributed by atoms with Crippen LogP contribution in [0.2, 0.25) is 0 Å². The first-order chi connectivity index (χ1) is 14.0. The maximum Gasteiger partial charge on any atom is 0.323 e. The number of likely N-dealkylation sites (N-methyl/N-ethyl adjacent to an activating group) is 1. The fourth-order valence-corrected chi connectivity index (χ4v) is 3.43. The van der Waals surface area contributed by atoms with Gasteiger partial charge in [0.25, 0.3) is 0 Å². The third-order valence-corrected chi connectivity index (χ3v) is 5.02. The van der Waals surface area contributed by atoms with E-state index in [1.165, 1.54) is 6.07 Å². The Labute approximate surface area is 167 Å². The standard InChI is InChI=1S/C21H21F2N5O/c1-27-9-11-28(12-10-27)19-7-8-24-18-6-5-14(13-15(18)19)25-21(29)26-20-16(22)3-2-4-17(20)23/h2-8,13H,9-12H2,1H3,(H2,25,26,29). The maximum absolute atomic E-state index is 13.7. The third kappa shape index (κ3) is 4.12. The molecule has 1 aliphatic heterocycles. The zero-order chi connectivity index (χ0) is 20.4. The lowest BCUT2D eigenvalue weighted by atomic mass is 10.1. The molecule has 3 aromatic rings. The molecule has 2 N–H and O–H groups in total. The summed E-state index contributed by atoms with van der Waals surface area (Å²) < 4.78 is 27.5. The van der Waals surface area contributed by atoms with E-state index in [-0.39, 0.29) is 0 Å². The van der Waals surface area contributed by atoms with Crippen molar-refractivity contribution in [2.45, 2.75) is 0 Å². The highest BCUT2D eigenvalue weighted by Gasteiger charge is 2.17. The third-order valence-electron chi connectivity index (χ3n) is 5.02. The van der Waals surface area contributed by atoms with Gasteiger partial charge in [-0.05, 0) is 43.4 Å². The number of rotatable bonds is 3. The number of carbonyl (C=O) groups is 1. The van der Waals surface area contributed by atoms with Gasteiger partial charge in [0.2, 0.25) is 0 Å². The number of hydrogen-bond donors (Lipinski definition) is 2. The number of amides is 2. The van der Waals surface area contributed by atoms with Gasteiger partial charge in [0, 0.05) is 49.1 Å². The zero-order valence-corrected chi connectivity index (χ0v) is 16.0. The lowest BCUT2D eigenvalue weighted by Gasteiger charge is -2.34. The van der Waals surface area contributed by atoms with Crippen LogP contribution in [0.25, 0.3) is 10.9 Å². The predicted octanol–water partition coefficient (Wildman–Crippen LogP) is 3.91. The van der Waals surface area contributed by atoms with Gasteiger partial charge >= 0.3 is 6.03 Å². The SMILES string of the molecule is CN1CCN(c2ccnc3ccc(NC(=O)Nc4c(F)cccc4F)cc23)CC1. The van der Waals surface area contributed by atoms with Crippen LogP contribution in [0.1, 0.15) is 0 Å². The normalized spacial score (nSPS) is 14.8. The smallest absolute Gasteiger partial charge is 0.323 e. The molecule has 0 unspecified atom stereocenters. The number of aromatic nitrogens is 1. The van der Waals surface area contributed by atoms with Crippen molar-refractivity contribution < 1.29 is 13.6 Å². The molecule has 1 fully saturated rings. The lowest BCUT2D eigenvalue weighted by Crippen LogP contribution is -2.44. The Bertz CT molecular complexity index is 1030. The fraction of sp³-hybridized carbons (Fsp3) is 0.238. The van der Waals surface area contributed by atoms with Crippen molar-refractivity contribution in [3.8, 4) is 0 Å². The molecular weight excluding hydrogens is 376 g/mol. The van der Waals surface area contributed by atoms with Crippen LogP contribution in [0, 0.1) is 11.6 Å². The van der Waals surface area contributed by atoms with Crippen molar-refractivity contribution in [1.82, 2.24) is 9.88 Å². The van der Waals surface area contributed by atoms with E-state index in [0.29, 0.717) is 5.69 Å². The van der Waals surface area contributed by atoms with Gasteiger partial charge in [-0.25, -0.2) is 13.6 Å². The minimum absolute atomic E-state index is 0.481. The quantitative estimate of drug-likeness (QED) is 0.704. The summed E-state index contributed by atoms with van der Waals surface area (Å²) in [6.07, 6.45) is 1.77. The lowest BCUT2D eigenvalue weighted by molar-refractivity contribution is 0.262. The molecule has 0 bridgehead atoms. The minimum Gasteiger partial charge on any atom is -0.368 e. The molecule has 150 valence electrons. The number of fused-ring (bicyclic) bond motifs is 1. The highest BCUT2D eigenvalue weighted by atomic mass is 19.1. The second-order valence-electron chi connectivity index (χ2n) is 7.03. The van der Waals surface area contributed by atoms with Crippen LogP contribution in [-0.2, 0) is 0 Å². The molecule has 0 spiro atoms. The average Bonchev–Trinajstić information content (AvgIpc) is 2.71. The Kier molecular flexibility index (Phi) is 5.26. The Balaban J connectivity index is 1.57. The molecule has 1 saturated heterocycles. The van der Waals surface area contributed by atoms with E-state index in [0.717, 1.165) is 54.9 Å². The van der Waals surface area contributed by atoms with Crippen LogP contribution < -0.4 is 15.5 Å². The summed E-state index contributed by atoms with van der Waals surface area (Å²) in [6, 6.07) is 10.0. The molecule has 1 aliphatic rings. The largest absolute Gasteiger partial charge is 0.368 e. The second kappa shape index (κ2) is 8.00. The Morgan fingerprint density at radius 3 is 2.45 bits per heavy atom. The number of nitrogens with zero attached hydrogens (tertiary/aromatic N) is 3. The van der Waals surface area contributed by atoms with Gasteiger partial charge in [0.05, 0.1) is 5.52 Å². The van der Waals surface area contributed by atoms with E-state index >= 15 is 0 Å². The first kappa shape index (κ1) is 19.1. The zero-order valence-electron chi connectivity index (χ0n) is 16.0. The van der Waals surface area contributed by atoms with Crippen LogP contribution in [0.5, 0.6) is 0 Å². The van der Waals surface area contributed by atoms with Crippen molar-refractivity contribution in [3.05, 3.63) is 60.3 Å². The summed E-state index contributed by atoms with van der Waals surface area (Å²) in [5.74, 6) is -1.67. The molecule has 4 rings (SSSR count). The van der Waals surface area contributed by atoms with Gasteiger partial charge in [-0.2, -0.15) is 0 Å². The Hall–Kier alpha value is -3.26. The first-order valence-corrected chi connectivity index (χ1v) is 9.35. The van der Waals surface area contributed by atoms with Crippen LogP contribution in [-0.4, -0.2) is 49.1 Å². The van der Waals surface area contributed by atoms with Gasteiger partial charge in [-0.15, -0.1) is 0 Å². The molecule has 2 heterocycles. The molecule has 0 saturated carbocycles. The predicted molar refractivity (Wildman–Crippen MR) is 110 cm³/mol. The van der Waals surface area contributed by atoms with Crippen molar-refractivity contribution in [3.63, 3.8) is 0 Å². The molecule has 1 aromatic heterocycles. The van der Waals surface area contributed by atoms with Crippen LogP contribution in [0.3, 0.4) is 0 Å². The van der Waals surface area contributed by atoms with Crippen LogP contribution in [0.15, 0.2) is 48.7 Å². The number of anilines is 3. The number of carbonyl (C=O) groups excluding carboxylic acids is 1. The molecule has 29 heavy (non-hydrogen) atoms. The topological polar surface area (TPSA) is 60.5 Å². The molecule has 0 radical (unpaired) electrons. The molecule has 0 aliphatic carbocycles. The maximum atomic E-state index is 13.7.